The van der Waals surface area contributed by atoms with Crippen molar-refractivity contribution in [2.45, 2.75) is 27.7 Å². The molecule has 0 aliphatic heterocycles. The second-order valence-electron chi connectivity index (χ2n) is 8.05. The Morgan fingerprint density at radius 3 is 2.44 bits per heavy atom. The van der Waals surface area contributed by atoms with E-state index in [1.165, 1.54) is 36.0 Å². The lowest BCUT2D eigenvalue weighted by Crippen LogP contribution is -2.14. The van der Waals surface area contributed by atoms with Gasteiger partial charge in [-0.15, -0.1) is 11.3 Å². The summed E-state index contributed by atoms with van der Waals surface area (Å²) in [5, 5.41) is 9.66. The van der Waals surface area contributed by atoms with Gasteiger partial charge in [-0.25, -0.2) is 14.1 Å². The van der Waals surface area contributed by atoms with Crippen LogP contribution >= 0.6 is 11.3 Å². The van der Waals surface area contributed by atoms with Crippen LogP contribution in [0.15, 0.2) is 82.2 Å². The lowest BCUT2D eigenvalue weighted by atomic mass is 10.1. The number of aryl methyl sites for hydroxylation is 2. The first-order chi connectivity index (χ1) is 16.3. The number of benzene rings is 3. The summed E-state index contributed by atoms with van der Waals surface area (Å²) in [7, 11) is 0. The zero-order valence-corrected chi connectivity index (χ0v) is 20.3. The summed E-state index contributed by atoms with van der Waals surface area (Å²) < 4.78 is 15.3. The molecule has 34 heavy (non-hydrogen) atoms. The number of rotatable bonds is 5. The van der Waals surface area contributed by atoms with Gasteiger partial charge in [-0.1, -0.05) is 18.2 Å². The van der Waals surface area contributed by atoms with E-state index >= 15 is 0 Å². The van der Waals surface area contributed by atoms with Gasteiger partial charge in [0.15, 0.2) is 0 Å². The van der Waals surface area contributed by atoms with Crippen LogP contribution < -0.4 is 10.1 Å². The lowest BCUT2D eigenvalue weighted by Gasteiger charge is -2.08. The molecule has 7 heteroatoms. The lowest BCUT2D eigenvalue weighted by molar-refractivity contribution is -0.114. The van der Waals surface area contributed by atoms with E-state index < -0.39 is 0 Å². The topological polar surface area (TPSA) is 58.8 Å². The molecule has 0 atom stereocenters. The molecule has 0 saturated carbocycles. The summed E-state index contributed by atoms with van der Waals surface area (Å²) in [6, 6.07) is 19.9. The average Bonchev–Trinajstić information content (AvgIpc) is 3.18. The molecule has 0 saturated heterocycles. The summed E-state index contributed by atoms with van der Waals surface area (Å²) in [5.41, 5.74) is 7.17. The van der Waals surface area contributed by atoms with Gasteiger partial charge in [0.2, 0.25) is 10.7 Å². The molecule has 1 N–H and O–H groups in total. The molecule has 1 heterocycles. The zero-order chi connectivity index (χ0) is 24.2. The standard InChI is InChI=1S/C27H25FN4OS/c1-17-8-13-25(14-18(17)2)30-27-32(26(16-34-27)21-9-11-23(28)12-10-21)31-19(3)22-6-5-7-24(15-22)29-20(4)33/h5-16H,1-4H3,(H,29,33)/b30-27?,31-19-. The normalized spacial score (nSPS) is 12.1. The molecule has 172 valence electrons. The van der Waals surface area contributed by atoms with Crippen molar-refractivity contribution in [1.82, 2.24) is 4.68 Å². The van der Waals surface area contributed by atoms with Crippen LogP contribution in [0, 0.1) is 19.7 Å². The van der Waals surface area contributed by atoms with E-state index in [0.29, 0.717) is 10.5 Å². The Bertz CT molecular complexity index is 1450. The number of anilines is 1. The molecular weight excluding hydrogens is 447 g/mol. The summed E-state index contributed by atoms with van der Waals surface area (Å²) in [6.07, 6.45) is 0. The number of carbonyl (C=O) groups excluding carboxylic acids is 1. The van der Waals surface area contributed by atoms with Crippen LogP contribution in [0.5, 0.6) is 0 Å². The molecule has 4 aromatic rings. The molecule has 1 amide bonds. The number of aromatic nitrogens is 1. The van der Waals surface area contributed by atoms with Gasteiger partial charge in [-0.3, -0.25) is 4.79 Å². The van der Waals surface area contributed by atoms with E-state index in [-0.39, 0.29) is 11.7 Å². The fraction of sp³-hybridized carbons (Fsp3) is 0.148. The van der Waals surface area contributed by atoms with Crippen molar-refractivity contribution in [3.8, 4) is 11.3 Å². The molecule has 4 rings (SSSR count). The van der Waals surface area contributed by atoms with Gasteiger partial charge in [0.1, 0.15) is 5.82 Å². The highest BCUT2D eigenvalue weighted by Crippen LogP contribution is 2.23. The number of hydrogen-bond donors (Lipinski definition) is 1. The first-order valence-corrected chi connectivity index (χ1v) is 11.7. The molecule has 0 fully saturated rings. The van der Waals surface area contributed by atoms with E-state index in [1.807, 2.05) is 48.7 Å². The van der Waals surface area contributed by atoms with Crippen LogP contribution in [0.25, 0.3) is 11.3 Å². The van der Waals surface area contributed by atoms with Crippen LogP contribution in [0.2, 0.25) is 0 Å². The Kier molecular flexibility index (Phi) is 6.84. The number of amides is 1. The first kappa shape index (κ1) is 23.3. The minimum atomic E-state index is -0.292. The van der Waals surface area contributed by atoms with Gasteiger partial charge in [0.05, 0.1) is 17.1 Å². The number of carbonyl (C=O) groups is 1. The van der Waals surface area contributed by atoms with Crippen molar-refractivity contribution in [2.75, 3.05) is 5.32 Å². The monoisotopic (exact) mass is 472 g/mol. The molecule has 3 aromatic carbocycles. The van der Waals surface area contributed by atoms with E-state index in [2.05, 4.69) is 25.2 Å². The molecule has 1 aromatic heterocycles. The maximum absolute atomic E-state index is 13.5. The van der Waals surface area contributed by atoms with Gasteiger partial charge in [0, 0.05) is 23.6 Å². The van der Waals surface area contributed by atoms with Crippen molar-refractivity contribution >= 4 is 34.3 Å². The number of thiazole rings is 1. The molecule has 0 spiro atoms. The third-order valence-electron chi connectivity index (χ3n) is 5.39. The van der Waals surface area contributed by atoms with Gasteiger partial charge in [0.25, 0.3) is 0 Å². The number of hydrogen-bond acceptors (Lipinski definition) is 4. The molecule has 5 nitrogen and oxygen atoms in total. The number of halogens is 1. The zero-order valence-electron chi connectivity index (χ0n) is 19.5. The second-order valence-corrected chi connectivity index (χ2v) is 8.89. The van der Waals surface area contributed by atoms with Crippen LogP contribution in [0.3, 0.4) is 0 Å². The Labute approximate surface area is 202 Å². The largest absolute Gasteiger partial charge is 0.326 e. The maximum atomic E-state index is 13.5. The van der Waals surface area contributed by atoms with Crippen LogP contribution in [0.4, 0.5) is 15.8 Å². The Morgan fingerprint density at radius 2 is 1.74 bits per heavy atom. The molecule has 0 bridgehead atoms. The smallest absolute Gasteiger partial charge is 0.221 e. The third kappa shape index (κ3) is 5.38. The Hall–Kier alpha value is -3.84. The van der Waals surface area contributed by atoms with Crippen molar-refractivity contribution in [3.05, 3.63) is 99.4 Å². The Balaban J connectivity index is 1.85. The second kappa shape index (κ2) is 9.97. The summed E-state index contributed by atoms with van der Waals surface area (Å²) in [5.74, 6) is -0.424. The fourth-order valence-electron chi connectivity index (χ4n) is 3.43. The summed E-state index contributed by atoms with van der Waals surface area (Å²) >= 11 is 1.47. The quantitative estimate of drug-likeness (QED) is 0.334. The summed E-state index contributed by atoms with van der Waals surface area (Å²) in [4.78, 5) is 17.0. The molecule has 0 radical (unpaired) electrons. The van der Waals surface area contributed by atoms with E-state index in [4.69, 9.17) is 10.1 Å². The van der Waals surface area contributed by atoms with Crippen molar-refractivity contribution in [2.24, 2.45) is 10.1 Å². The molecule has 0 unspecified atom stereocenters. The third-order valence-corrected chi connectivity index (χ3v) is 6.21. The Morgan fingerprint density at radius 1 is 0.971 bits per heavy atom. The average molecular weight is 473 g/mol. The predicted octanol–water partition coefficient (Wildman–Crippen LogP) is 6.44. The van der Waals surface area contributed by atoms with Crippen molar-refractivity contribution in [1.29, 1.82) is 0 Å². The van der Waals surface area contributed by atoms with E-state index in [1.54, 1.807) is 16.8 Å². The van der Waals surface area contributed by atoms with Crippen LogP contribution in [0.1, 0.15) is 30.5 Å². The fourth-order valence-corrected chi connectivity index (χ4v) is 4.28. The molecule has 0 aliphatic rings. The highest BCUT2D eigenvalue weighted by atomic mass is 32.1. The molecular formula is C27H25FN4OS. The minimum Gasteiger partial charge on any atom is -0.326 e. The van der Waals surface area contributed by atoms with Crippen LogP contribution in [-0.2, 0) is 4.79 Å². The SMILES string of the molecule is CC(=O)Nc1cccc(/C(C)=N\n2c(-c3ccc(F)cc3)csc2=Nc2ccc(C)c(C)c2)c1. The van der Waals surface area contributed by atoms with Crippen LogP contribution in [-0.4, -0.2) is 16.3 Å². The van der Waals surface area contributed by atoms with Crippen molar-refractivity contribution < 1.29 is 9.18 Å². The highest BCUT2D eigenvalue weighted by Gasteiger charge is 2.10. The van der Waals surface area contributed by atoms with E-state index in [0.717, 1.165) is 33.8 Å². The number of nitrogens with zero attached hydrogens (tertiary/aromatic N) is 3. The molecule has 0 aliphatic carbocycles. The van der Waals surface area contributed by atoms with Gasteiger partial charge >= 0.3 is 0 Å². The van der Waals surface area contributed by atoms with Gasteiger partial charge < -0.3 is 5.32 Å². The van der Waals surface area contributed by atoms with Gasteiger partial charge in [-0.05, 0) is 86.0 Å². The first-order valence-electron chi connectivity index (χ1n) is 10.8. The predicted molar refractivity (Wildman–Crippen MR) is 137 cm³/mol. The summed E-state index contributed by atoms with van der Waals surface area (Å²) in [6.45, 7) is 7.51. The minimum absolute atomic E-state index is 0.132. The van der Waals surface area contributed by atoms with Gasteiger partial charge in [-0.2, -0.15) is 5.10 Å². The number of nitrogens with one attached hydrogen (secondary N) is 1. The maximum Gasteiger partial charge on any atom is 0.221 e. The van der Waals surface area contributed by atoms with Crippen molar-refractivity contribution in [3.63, 3.8) is 0 Å². The van der Waals surface area contributed by atoms with E-state index in [9.17, 15) is 9.18 Å². The highest BCUT2D eigenvalue weighted by molar-refractivity contribution is 7.07.